The van der Waals surface area contributed by atoms with Gasteiger partial charge in [0.1, 0.15) is 11.1 Å². The summed E-state index contributed by atoms with van der Waals surface area (Å²) in [6.07, 6.45) is 0.497. The number of allylic oxidation sites excluding steroid dienone is 1. The number of benzene rings is 1. The lowest BCUT2D eigenvalue weighted by molar-refractivity contribution is -0.246. The Morgan fingerprint density at radius 3 is 1.90 bits per heavy atom. The average Bonchev–Trinajstić information content (AvgIpc) is 3.15. The van der Waals surface area contributed by atoms with Gasteiger partial charge in [-0.25, -0.2) is 0 Å². The summed E-state index contributed by atoms with van der Waals surface area (Å²) in [5.74, 6) is -1.92. The van der Waals surface area contributed by atoms with Crippen molar-refractivity contribution in [2.75, 3.05) is 19.4 Å². The maximum atomic E-state index is 14.4. The first-order valence-electron chi connectivity index (χ1n) is 17.8. The van der Waals surface area contributed by atoms with Crippen molar-refractivity contribution in [2.45, 2.75) is 157 Å². The van der Waals surface area contributed by atoms with Gasteiger partial charge in [0.15, 0.2) is 5.60 Å². The number of hydrogen-bond acceptors (Lipinski definition) is 7. The van der Waals surface area contributed by atoms with E-state index >= 15 is 0 Å². The molecule has 2 amide bonds. The van der Waals surface area contributed by atoms with E-state index in [4.69, 9.17) is 25.9 Å². The molecular weight excluding hydrogens is 654 g/mol. The van der Waals surface area contributed by atoms with E-state index in [0.29, 0.717) is 18.7 Å². The zero-order chi connectivity index (χ0) is 39.0. The first-order valence-corrected chi connectivity index (χ1v) is 18.1. The van der Waals surface area contributed by atoms with Gasteiger partial charge in [-0.05, 0) is 125 Å². The van der Waals surface area contributed by atoms with E-state index in [9.17, 15) is 14.4 Å². The van der Waals surface area contributed by atoms with Crippen LogP contribution in [0.4, 0.5) is 5.69 Å². The number of rotatable bonds is 14. The van der Waals surface area contributed by atoms with Crippen LogP contribution in [0.15, 0.2) is 35.4 Å². The van der Waals surface area contributed by atoms with Gasteiger partial charge in [-0.1, -0.05) is 38.5 Å². The summed E-state index contributed by atoms with van der Waals surface area (Å²) in [6, 6.07) is 7.58. The fourth-order valence-corrected chi connectivity index (χ4v) is 6.84. The third kappa shape index (κ3) is 8.76. The van der Waals surface area contributed by atoms with Crippen LogP contribution in [0.1, 0.15) is 123 Å². The minimum Gasteiger partial charge on any atom is -0.454 e. The lowest BCUT2D eigenvalue weighted by Crippen LogP contribution is -2.65. The first-order chi connectivity index (χ1) is 22.5. The van der Waals surface area contributed by atoms with E-state index in [-0.39, 0.29) is 17.9 Å². The smallest absolute Gasteiger partial charge is 0.309 e. The van der Waals surface area contributed by atoms with Crippen LogP contribution < -0.4 is 5.32 Å². The molecule has 1 N–H and O–H groups in total. The second kappa shape index (κ2) is 15.3. The van der Waals surface area contributed by atoms with Gasteiger partial charge in [0.05, 0.1) is 35.0 Å². The normalized spacial score (nSPS) is 22.6. The average molecular weight is 720 g/mol. The van der Waals surface area contributed by atoms with Crippen LogP contribution in [0.2, 0.25) is 0 Å². The van der Waals surface area contributed by atoms with Crippen molar-refractivity contribution in [1.29, 1.82) is 0 Å². The number of anilines is 1. The maximum Gasteiger partial charge on any atom is 0.309 e. The number of nitrogens with zero attached hydrogens (tertiary/aromatic N) is 2. The minimum absolute atomic E-state index is 0.0880. The molecule has 1 aromatic carbocycles. The Hall–Kier alpha value is -2.46. The second-order valence-corrected chi connectivity index (χ2v) is 18.4. The molecule has 0 spiro atoms. The molecule has 0 saturated carbocycles. The Balaban J connectivity index is 2.51. The molecule has 4 unspecified atom stereocenters. The van der Waals surface area contributed by atoms with Crippen molar-refractivity contribution in [3.05, 3.63) is 41.0 Å². The number of carbonyl (C=O) groups is 3. The van der Waals surface area contributed by atoms with Crippen LogP contribution in [0.5, 0.6) is 0 Å². The van der Waals surface area contributed by atoms with Crippen molar-refractivity contribution < 1.29 is 28.7 Å². The van der Waals surface area contributed by atoms with Gasteiger partial charge in [-0.15, -0.1) is 11.6 Å². The van der Waals surface area contributed by atoms with Crippen molar-refractivity contribution in [1.82, 2.24) is 9.96 Å². The molecule has 0 bridgehead atoms. The molecule has 50 heavy (non-hydrogen) atoms. The molecule has 1 saturated heterocycles. The summed E-state index contributed by atoms with van der Waals surface area (Å²) in [6.45, 7) is 31.2. The van der Waals surface area contributed by atoms with Gasteiger partial charge < -0.3 is 19.7 Å². The van der Waals surface area contributed by atoms with E-state index in [1.807, 2.05) is 135 Å². The first kappa shape index (κ1) is 43.7. The molecular formula is C40H66ClN3O6. The summed E-state index contributed by atoms with van der Waals surface area (Å²) < 4.78 is 12.4. The molecule has 0 aliphatic carbocycles. The Labute approximate surface area is 307 Å². The summed E-state index contributed by atoms with van der Waals surface area (Å²) in [7, 11) is 3.43. The van der Waals surface area contributed by atoms with Crippen LogP contribution in [-0.2, 0) is 35.3 Å². The molecule has 284 valence electrons. The minimum atomic E-state index is -1.26. The lowest BCUT2D eigenvalue weighted by Gasteiger charge is -2.48. The van der Waals surface area contributed by atoms with Crippen molar-refractivity contribution >= 4 is 35.1 Å². The van der Waals surface area contributed by atoms with Crippen LogP contribution in [0, 0.1) is 17.3 Å². The van der Waals surface area contributed by atoms with Gasteiger partial charge in [0.25, 0.3) is 0 Å². The molecule has 0 radical (unpaired) electrons. The largest absolute Gasteiger partial charge is 0.454 e. The SMILES string of the molecule is CC(C)=C(C)C1(C)ON(C(C)(C)C(=O)Nc2ccc(COC(C)C)cc2)C(C)(C)C1(C)OC(=O)C(C)C(C)(C)CC(C(=O)N(C)C)C(C)(C)Cl. The molecule has 4 atom stereocenters. The highest BCUT2D eigenvalue weighted by Gasteiger charge is 2.71. The number of hydrogen-bond donors (Lipinski definition) is 1. The number of nitrogens with one attached hydrogen (secondary N) is 1. The van der Waals surface area contributed by atoms with E-state index in [1.165, 1.54) is 0 Å². The Kier molecular flexibility index (Phi) is 13.3. The van der Waals surface area contributed by atoms with Crippen LogP contribution >= 0.6 is 11.6 Å². The van der Waals surface area contributed by atoms with E-state index in [1.54, 1.807) is 24.1 Å². The molecule has 0 aromatic heterocycles. The predicted molar refractivity (Wildman–Crippen MR) is 203 cm³/mol. The Morgan fingerprint density at radius 1 is 0.940 bits per heavy atom. The molecule has 1 heterocycles. The molecule has 10 heteroatoms. The standard InChI is InChI=1S/C40H66ClN3O6/c1-25(2)27(5)39(15)40(16,49-33(46)28(6)35(7,8)23-31(36(9,10)41)32(45)43(17)18)38(13,14)44(50-39)37(11,12)34(47)42-30-21-19-29(20-22-30)24-48-26(3)4/h19-22,26,28,31H,23-24H2,1-18H3,(H,42,47). The fraction of sp³-hybridized carbons (Fsp3) is 0.725. The summed E-state index contributed by atoms with van der Waals surface area (Å²) in [5.41, 5.74) is -1.69. The molecule has 9 nitrogen and oxygen atoms in total. The van der Waals surface area contributed by atoms with Gasteiger partial charge in [0.2, 0.25) is 11.8 Å². The lowest BCUT2D eigenvalue weighted by atomic mass is 9.68. The highest BCUT2D eigenvalue weighted by Crippen LogP contribution is 2.56. The maximum absolute atomic E-state index is 14.4. The van der Waals surface area contributed by atoms with E-state index in [0.717, 1.165) is 16.7 Å². The summed E-state index contributed by atoms with van der Waals surface area (Å²) >= 11 is 6.76. The Morgan fingerprint density at radius 2 is 1.46 bits per heavy atom. The number of halogens is 1. The van der Waals surface area contributed by atoms with Crippen LogP contribution in [-0.4, -0.2) is 75.1 Å². The number of carbonyl (C=O) groups excluding carboxylic acids is 3. The highest BCUT2D eigenvalue weighted by atomic mass is 35.5. The van der Waals surface area contributed by atoms with Crippen LogP contribution in [0.25, 0.3) is 0 Å². The third-order valence-corrected chi connectivity index (χ3v) is 11.6. The molecule has 2 rings (SSSR count). The number of alkyl halides is 1. The van der Waals surface area contributed by atoms with Crippen molar-refractivity contribution in [2.24, 2.45) is 17.3 Å². The summed E-state index contributed by atoms with van der Waals surface area (Å²) in [5, 5.41) is 4.75. The zero-order valence-electron chi connectivity index (χ0n) is 34.2. The van der Waals surface area contributed by atoms with Gasteiger partial charge in [-0.3, -0.25) is 19.2 Å². The molecule has 1 aromatic rings. The number of esters is 1. The number of hydroxylamine groups is 2. The van der Waals surface area contributed by atoms with Gasteiger partial charge in [0, 0.05) is 19.8 Å². The molecule has 1 fully saturated rings. The molecule has 1 aliphatic heterocycles. The van der Waals surface area contributed by atoms with E-state index in [2.05, 4.69) is 5.32 Å². The predicted octanol–water partition coefficient (Wildman–Crippen LogP) is 8.55. The quantitative estimate of drug-likeness (QED) is 0.117. The summed E-state index contributed by atoms with van der Waals surface area (Å²) in [4.78, 5) is 49.3. The second-order valence-electron chi connectivity index (χ2n) is 17.4. The number of ether oxygens (including phenoxy) is 2. The van der Waals surface area contributed by atoms with Crippen LogP contribution in [0.3, 0.4) is 0 Å². The third-order valence-electron chi connectivity index (χ3n) is 11.3. The number of amides is 2. The Bertz CT molecular complexity index is 1420. The van der Waals surface area contributed by atoms with E-state index < -0.39 is 50.4 Å². The van der Waals surface area contributed by atoms with Gasteiger partial charge >= 0.3 is 5.97 Å². The van der Waals surface area contributed by atoms with Crippen molar-refractivity contribution in [3.63, 3.8) is 0 Å². The molecule has 1 aliphatic rings. The highest BCUT2D eigenvalue weighted by molar-refractivity contribution is 6.25. The topological polar surface area (TPSA) is 97.4 Å². The monoisotopic (exact) mass is 719 g/mol. The van der Waals surface area contributed by atoms with Gasteiger partial charge in [-0.2, -0.15) is 5.06 Å². The zero-order valence-corrected chi connectivity index (χ0v) is 34.9. The fourth-order valence-electron chi connectivity index (χ4n) is 6.67. The van der Waals surface area contributed by atoms with Crippen molar-refractivity contribution in [3.8, 4) is 0 Å².